The zero-order chi connectivity index (χ0) is 67.0. The first kappa shape index (κ1) is 90.6. The van der Waals surface area contributed by atoms with E-state index in [0.29, 0.717) is 19.4 Å². The van der Waals surface area contributed by atoms with Gasteiger partial charge in [0.2, 0.25) is 5.91 Å². The Morgan fingerprint density at radius 1 is 0.301 bits per heavy atom. The highest BCUT2D eigenvalue weighted by molar-refractivity contribution is 5.76. The number of aliphatic hydroxyl groups is 2. The average Bonchev–Trinajstić information content (AvgIpc) is 3.68. The SMILES string of the molecule is CCCCC/C=C\C/C=C\CCCCCCCCCCCC(=O)OCCCCCCCCCCCCCCCCC/C=C\C/C=C\CCCCCCCCCCCCCCCCCCCC(=O)NC(CO)C(O)/C=C/CCCCCCCCCCCCCCCCCC. The zero-order valence-electron chi connectivity index (χ0n) is 62.8. The molecule has 0 aliphatic rings. The van der Waals surface area contributed by atoms with Crippen molar-refractivity contribution in [2.75, 3.05) is 13.2 Å². The van der Waals surface area contributed by atoms with Crippen LogP contribution in [0.25, 0.3) is 0 Å². The molecule has 0 saturated carbocycles. The summed E-state index contributed by atoms with van der Waals surface area (Å²) in [5.74, 6) is -0.0447. The third-order valence-corrected chi connectivity index (χ3v) is 19.5. The predicted molar refractivity (Wildman–Crippen MR) is 412 cm³/mol. The topological polar surface area (TPSA) is 95.9 Å². The molecular formula is C87H163NO5. The minimum Gasteiger partial charge on any atom is -0.466 e. The quantitative estimate of drug-likeness (QED) is 0.0320. The van der Waals surface area contributed by atoms with Crippen molar-refractivity contribution >= 4 is 11.9 Å². The highest BCUT2D eigenvalue weighted by Gasteiger charge is 2.18. The number of allylic oxidation sites excluding steroid dienone is 9. The summed E-state index contributed by atoms with van der Waals surface area (Å²) in [5.41, 5.74) is 0. The lowest BCUT2D eigenvalue weighted by atomic mass is 10.0. The van der Waals surface area contributed by atoms with Crippen LogP contribution in [0.5, 0.6) is 0 Å². The van der Waals surface area contributed by atoms with Gasteiger partial charge < -0.3 is 20.3 Å². The fourth-order valence-electron chi connectivity index (χ4n) is 13.1. The minimum absolute atomic E-state index is 0.0167. The van der Waals surface area contributed by atoms with Crippen LogP contribution >= 0.6 is 0 Å². The van der Waals surface area contributed by atoms with E-state index in [-0.39, 0.29) is 18.5 Å². The van der Waals surface area contributed by atoms with E-state index in [9.17, 15) is 19.8 Å². The van der Waals surface area contributed by atoms with Crippen LogP contribution in [-0.2, 0) is 14.3 Å². The van der Waals surface area contributed by atoms with Crippen molar-refractivity contribution in [3.05, 3.63) is 60.8 Å². The van der Waals surface area contributed by atoms with E-state index >= 15 is 0 Å². The molecule has 2 unspecified atom stereocenters. The Morgan fingerprint density at radius 2 is 0.538 bits per heavy atom. The molecule has 3 N–H and O–H groups in total. The van der Waals surface area contributed by atoms with Crippen LogP contribution in [-0.4, -0.2) is 47.4 Å². The van der Waals surface area contributed by atoms with Crippen molar-refractivity contribution in [2.45, 2.75) is 469 Å². The highest BCUT2D eigenvalue weighted by atomic mass is 16.5. The molecule has 93 heavy (non-hydrogen) atoms. The summed E-state index contributed by atoms with van der Waals surface area (Å²) in [6.07, 6.45) is 111. The van der Waals surface area contributed by atoms with Gasteiger partial charge in [-0.2, -0.15) is 0 Å². The van der Waals surface area contributed by atoms with Gasteiger partial charge in [-0.05, 0) is 96.3 Å². The fourth-order valence-corrected chi connectivity index (χ4v) is 13.1. The number of amides is 1. The van der Waals surface area contributed by atoms with Crippen molar-refractivity contribution < 1.29 is 24.5 Å². The molecule has 0 aliphatic heterocycles. The molecule has 1 amide bonds. The van der Waals surface area contributed by atoms with E-state index in [1.165, 1.54) is 372 Å². The standard InChI is InChI=1S/C87H163NO5/c1-3-5-7-9-11-13-15-17-19-21-44-49-53-57-61-65-69-73-77-81-87(92)93-82-78-74-70-66-62-58-54-50-46-43-41-39-37-35-33-31-29-27-25-23-24-26-28-30-32-34-36-38-40-42-45-48-52-56-60-64-68-72-76-80-86(91)88-84(83-89)85(90)79-75-71-67-63-59-55-51-47-22-20-18-16-14-12-10-8-6-4-2/h11,13,17,19,23-24,27,29,75,79,84-85,89-90H,3-10,12,14-16,18,20-22,25-26,28,30-74,76-78,80-83H2,1-2H3,(H,88,91)/b13-11-,19-17-,24-23-,29-27-,79-75+. The van der Waals surface area contributed by atoms with Gasteiger partial charge in [-0.1, -0.05) is 408 Å². The predicted octanol–water partition coefficient (Wildman–Crippen LogP) is 28.1. The Morgan fingerprint density at radius 3 is 0.839 bits per heavy atom. The van der Waals surface area contributed by atoms with Crippen LogP contribution < -0.4 is 5.32 Å². The van der Waals surface area contributed by atoms with Crippen LogP contribution in [0, 0.1) is 0 Å². The molecule has 0 heterocycles. The Bertz CT molecular complexity index is 1600. The van der Waals surface area contributed by atoms with Gasteiger partial charge in [0.1, 0.15) is 0 Å². The number of nitrogens with one attached hydrogen (secondary N) is 1. The molecule has 546 valence electrons. The van der Waals surface area contributed by atoms with E-state index in [4.69, 9.17) is 4.74 Å². The van der Waals surface area contributed by atoms with Gasteiger partial charge >= 0.3 is 5.97 Å². The Balaban J connectivity index is 3.36. The van der Waals surface area contributed by atoms with Gasteiger partial charge in [-0.15, -0.1) is 0 Å². The molecule has 0 bridgehead atoms. The van der Waals surface area contributed by atoms with Gasteiger partial charge in [-0.3, -0.25) is 9.59 Å². The first-order valence-corrected chi connectivity index (χ1v) is 42.1. The maximum atomic E-state index is 12.5. The molecular weight excluding hydrogens is 1140 g/mol. The summed E-state index contributed by atoms with van der Waals surface area (Å²) < 4.78 is 5.52. The van der Waals surface area contributed by atoms with Crippen molar-refractivity contribution in [2.24, 2.45) is 0 Å². The number of aliphatic hydroxyl groups excluding tert-OH is 2. The lowest BCUT2D eigenvalue weighted by Gasteiger charge is -2.20. The van der Waals surface area contributed by atoms with Crippen LogP contribution in [0.15, 0.2) is 60.8 Å². The smallest absolute Gasteiger partial charge is 0.305 e. The van der Waals surface area contributed by atoms with Gasteiger partial charge in [0.15, 0.2) is 0 Å². The van der Waals surface area contributed by atoms with Gasteiger partial charge in [-0.25, -0.2) is 0 Å². The van der Waals surface area contributed by atoms with Gasteiger partial charge in [0.05, 0.1) is 25.4 Å². The molecule has 0 rings (SSSR count). The summed E-state index contributed by atoms with van der Waals surface area (Å²) >= 11 is 0. The molecule has 0 fully saturated rings. The number of unbranched alkanes of at least 4 members (excludes halogenated alkanes) is 60. The second-order valence-electron chi connectivity index (χ2n) is 28.8. The number of hydrogen-bond donors (Lipinski definition) is 3. The number of carbonyl (C=O) groups excluding carboxylic acids is 2. The van der Waals surface area contributed by atoms with Crippen molar-refractivity contribution in [3.8, 4) is 0 Å². The maximum absolute atomic E-state index is 12.5. The highest BCUT2D eigenvalue weighted by Crippen LogP contribution is 2.20. The Labute approximate surface area is 581 Å². The van der Waals surface area contributed by atoms with E-state index in [0.717, 1.165) is 57.8 Å². The molecule has 0 aliphatic carbocycles. The molecule has 6 heteroatoms. The molecule has 0 spiro atoms. The maximum Gasteiger partial charge on any atom is 0.305 e. The summed E-state index contributed by atoms with van der Waals surface area (Å²) in [6.45, 7) is 4.92. The number of ether oxygens (including phenoxy) is 1. The first-order chi connectivity index (χ1) is 46.0. The molecule has 0 radical (unpaired) electrons. The summed E-state index contributed by atoms with van der Waals surface area (Å²) in [7, 11) is 0. The van der Waals surface area contributed by atoms with E-state index < -0.39 is 12.1 Å². The lowest BCUT2D eigenvalue weighted by molar-refractivity contribution is -0.143. The van der Waals surface area contributed by atoms with E-state index in [1.807, 2.05) is 6.08 Å². The Kier molecular flexibility index (Phi) is 79.8. The summed E-state index contributed by atoms with van der Waals surface area (Å²) in [6, 6.07) is -0.627. The van der Waals surface area contributed by atoms with E-state index in [1.54, 1.807) is 6.08 Å². The summed E-state index contributed by atoms with van der Waals surface area (Å²) in [5, 5.41) is 23.3. The van der Waals surface area contributed by atoms with Crippen LogP contribution in [0.4, 0.5) is 0 Å². The molecule has 0 aromatic heterocycles. The number of hydrogen-bond acceptors (Lipinski definition) is 5. The van der Waals surface area contributed by atoms with Crippen LogP contribution in [0.1, 0.15) is 457 Å². The molecule has 6 nitrogen and oxygen atoms in total. The first-order valence-electron chi connectivity index (χ1n) is 42.1. The monoisotopic (exact) mass is 1300 g/mol. The number of rotatable bonds is 79. The normalized spacial score (nSPS) is 12.8. The zero-order valence-corrected chi connectivity index (χ0v) is 62.8. The molecule has 0 saturated heterocycles. The average molecular weight is 1300 g/mol. The summed E-state index contributed by atoms with van der Waals surface area (Å²) in [4.78, 5) is 24.7. The lowest BCUT2D eigenvalue weighted by Crippen LogP contribution is -2.45. The number of esters is 1. The van der Waals surface area contributed by atoms with Crippen LogP contribution in [0.2, 0.25) is 0 Å². The van der Waals surface area contributed by atoms with Crippen LogP contribution in [0.3, 0.4) is 0 Å². The second kappa shape index (κ2) is 82.0. The second-order valence-corrected chi connectivity index (χ2v) is 28.8. The van der Waals surface area contributed by atoms with E-state index in [2.05, 4.69) is 67.8 Å². The Hall–Kier alpha value is -2.44. The molecule has 2 atom stereocenters. The van der Waals surface area contributed by atoms with Crippen molar-refractivity contribution in [1.82, 2.24) is 5.32 Å². The van der Waals surface area contributed by atoms with Crippen molar-refractivity contribution in [3.63, 3.8) is 0 Å². The van der Waals surface area contributed by atoms with Gasteiger partial charge in [0, 0.05) is 12.8 Å². The number of carbonyl (C=O) groups is 2. The fraction of sp³-hybridized carbons (Fsp3) is 0.862. The third-order valence-electron chi connectivity index (χ3n) is 19.5. The van der Waals surface area contributed by atoms with Crippen molar-refractivity contribution in [1.29, 1.82) is 0 Å². The third kappa shape index (κ3) is 78.4. The van der Waals surface area contributed by atoms with Gasteiger partial charge in [0.25, 0.3) is 0 Å². The largest absolute Gasteiger partial charge is 0.466 e. The molecule has 0 aromatic rings. The molecule has 0 aromatic carbocycles. The minimum atomic E-state index is -0.844.